The summed E-state index contributed by atoms with van der Waals surface area (Å²) >= 11 is 1.38. The van der Waals surface area contributed by atoms with Gasteiger partial charge < -0.3 is 5.32 Å². The molecule has 3 rings (SSSR count). The summed E-state index contributed by atoms with van der Waals surface area (Å²) in [6, 6.07) is 16.1. The van der Waals surface area contributed by atoms with Crippen molar-refractivity contribution in [2.75, 3.05) is 11.1 Å². The maximum absolute atomic E-state index is 12.5. The van der Waals surface area contributed by atoms with Crippen LogP contribution in [0.1, 0.15) is 37.3 Å². The number of allylic oxidation sites excluding steroid dienone is 1. The molecule has 0 radical (unpaired) electrons. The molecule has 2 aromatic carbocycles. The number of anilines is 1. The van der Waals surface area contributed by atoms with E-state index >= 15 is 0 Å². The van der Waals surface area contributed by atoms with Gasteiger partial charge in [0.15, 0.2) is 11.0 Å². The Morgan fingerprint density at radius 1 is 1.20 bits per heavy atom. The third-order valence-electron chi connectivity index (χ3n) is 5.12. The number of carbonyl (C=O) groups excluding carboxylic acids is 1. The van der Waals surface area contributed by atoms with Gasteiger partial charge in [0.05, 0.1) is 5.75 Å². The monoisotopic (exact) mass is 420 g/mol. The average Bonchev–Trinajstić information content (AvgIpc) is 3.15. The Labute approximate surface area is 182 Å². The van der Waals surface area contributed by atoms with Crippen LogP contribution >= 0.6 is 11.8 Å². The summed E-state index contributed by atoms with van der Waals surface area (Å²) in [5.41, 5.74) is 4.25. The van der Waals surface area contributed by atoms with E-state index in [0.717, 1.165) is 29.1 Å². The molecule has 1 heterocycles. The number of benzene rings is 2. The molecule has 0 aliphatic heterocycles. The van der Waals surface area contributed by atoms with Crippen LogP contribution in [0.4, 0.5) is 5.69 Å². The first-order chi connectivity index (χ1) is 14.5. The fourth-order valence-corrected chi connectivity index (χ4v) is 3.92. The van der Waals surface area contributed by atoms with E-state index in [0.29, 0.717) is 17.6 Å². The second-order valence-corrected chi connectivity index (χ2v) is 8.23. The van der Waals surface area contributed by atoms with E-state index in [1.807, 2.05) is 41.0 Å². The molecule has 3 aromatic rings. The van der Waals surface area contributed by atoms with Gasteiger partial charge in [-0.1, -0.05) is 68.1 Å². The van der Waals surface area contributed by atoms with E-state index in [-0.39, 0.29) is 11.7 Å². The second-order valence-electron chi connectivity index (χ2n) is 7.29. The zero-order valence-electron chi connectivity index (χ0n) is 17.8. The maximum Gasteiger partial charge on any atom is 0.234 e. The van der Waals surface area contributed by atoms with Crippen molar-refractivity contribution in [3.8, 4) is 11.4 Å². The largest absolute Gasteiger partial charge is 0.325 e. The molecule has 0 unspecified atom stereocenters. The Hall–Kier alpha value is -2.86. The lowest BCUT2D eigenvalue weighted by Gasteiger charge is -2.11. The van der Waals surface area contributed by atoms with Crippen LogP contribution in [0.25, 0.3) is 11.4 Å². The van der Waals surface area contributed by atoms with E-state index in [1.165, 1.54) is 17.3 Å². The van der Waals surface area contributed by atoms with Crippen LogP contribution in [0.3, 0.4) is 0 Å². The van der Waals surface area contributed by atoms with Gasteiger partial charge in [0.25, 0.3) is 0 Å². The second kappa shape index (κ2) is 10.3. The number of nitrogens with one attached hydrogen (secondary N) is 1. The van der Waals surface area contributed by atoms with Gasteiger partial charge in [0, 0.05) is 17.8 Å². The molecule has 0 fully saturated rings. The Morgan fingerprint density at radius 3 is 2.60 bits per heavy atom. The Kier molecular flexibility index (Phi) is 7.46. The van der Waals surface area contributed by atoms with Crippen molar-refractivity contribution in [2.45, 2.75) is 44.8 Å². The SMILES string of the molecule is C=CCn1c(SCC(=O)Nc2ccc([C@@H](C)CC)cc2)nnc1-c1ccccc1C. The molecular formula is C24H28N4OS. The minimum atomic E-state index is -0.0677. The number of amides is 1. The fraction of sp³-hybridized carbons (Fsp3) is 0.292. The lowest BCUT2D eigenvalue weighted by atomic mass is 9.99. The number of nitrogens with zero attached hydrogens (tertiary/aromatic N) is 3. The summed E-state index contributed by atoms with van der Waals surface area (Å²) in [7, 11) is 0. The summed E-state index contributed by atoms with van der Waals surface area (Å²) in [6.45, 7) is 10.9. The van der Waals surface area contributed by atoms with E-state index in [4.69, 9.17) is 0 Å². The van der Waals surface area contributed by atoms with E-state index in [9.17, 15) is 4.79 Å². The Bertz CT molecular complexity index is 1010. The molecule has 1 amide bonds. The first-order valence-electron chi connectivity index (χ1n) is 10.2. The molecule has 5 nitrogen and oxygen atoms in total. The molecule has 0 bridgehead atoms. The van der Waals surface area contributed by atoms with E-state index in [2.05, 4.69) is 61.1 Å². The van der Waals surface area contributed by atoms with Crippen LogP contribution in [0.2, 0.25) is 0 Å². The number of thioether (sulfide) groups is 1. The van der Waals surface area contributed by atoms with Gasteiger partial charge >= 0.3 is 0 Å². The number of aryl methyl sites for hydroxylation is 1. The Balaban J connectivity index is 1.67. The average molecular weight is 421 g/mol. The van der Waals surface area contributed by atoms with Gasteiger partial charge in [-0.05, 0) is 42.5 Å². The molecule has 0 saturated carbocycles. The minimum absolute atomic E-state index is 0.0677. The van der Waals surface area contributed by atoms with Gasteiger partial charge in [0.2, 0.25) is 5.91 Å². The molecule has 0 aliphatic carbocycles. The first kappa shape index (κ1) is 21.8. The summed E-state index contributed by atoms with van der Waals surface area (Å²) in [5, 5.41) is 12.4. The highest BCUT2D eigenvalue weighted by Crippen LogP contribution is 2.26. The van der Waals surface area contributed by atoms with E-state index < -0.39 is 0 Å². The number of hydrogen-bond donors (Lipinski definition) is 1. The summed E-state index contributed by atoms with van der Waals surface area (Å²) in [6.07, 6.45) is 2.91. The fourth-order valence-electron chi connectivity index (χ4n) is 3.17. The van der Waals surface area contributed by atoms with Crippen LogP contribution in [-0.2, 0) is 11.3 Å². The summed E-state index contributed by atoms with van der Waals surface area (Å²) < 4.78 is 1.99. The van der Waals surface area contributed by atoms with Gasteiger partial charge in [-0.15, -0.1) is 16.8 Å². The van der Waals surface area contributed by atoms with Gasteiger partial charge in [-0.2, -0.15) is 0 Å². The highest BCUT2D eigenvalue weighted by atomic mass is 32.2. The predicted octanol–water partition coefficient (Wildman–Crippen LogP) is 5.68. The molecule has 0 saturated heterocycles. The smallest absolute Gasteiger partial charge is 0.234 e. The lowest BCUT2D eigenvalue weighted by molar-refractivity contribution is -0.113. The van der Waals surface area contributed by atoms with Crippen molar-refractivity contribution in [3.05, 3.63) is 72.3 Å². The quantitative estimate of drug-likeness (QED) is 0.357. The number of carbonyl (C=O) groups is 1. The van der Waals surface area contributed by atoms with Crippen molar-refractivity contribution >= 4 is 23.4 Å². The molecule has 1 aromatic heterocycles. The summed E-state index contributed by atoms with van der Waals surface area (Å²) in [5.74, 6) is 1.50. The highest BCUT2D eigenvalue weighted by molar-refractivity contribution is 7.99. The zero-order valence-corrected chi connectivity index (χ0v) is 18.6. The first-order valence-corrected chi connectivity index (χ1v) is 11.1. The highest BCUT2D eigenvalue weighted by Gasteiger charge is 2.16. The van der Waals surface area contributed by atoms with Gasteiger partial charge in [-0.25, -0.2) is 0 Å². The molecule has 156 valence electrons. The van der Waals surface area contributed by atoms with Crippen molar-refractivity contribution in [1.82, 2.24) is 14.8 Å². The zero-order chi connectivity index (χ0) is 21.5. The van der Waals surface area contributed by atoms with Crippen molar-refractivity contribution in [2.24, 2.45) is 0 Å². The lowest BCUT2D eigenvalue weighted by Crippen LogP contribution is -2.14. The number of aromatic nitrogens is 3. The third kappa shape index (κ3) is 5.19. The van der Waals surface area contributed by atoms with Crippen LogP contribution < -0.4 is 5.32 Å². The van der Waals surface area contributed by atoms with Crippen LogP contribution in [0.5, 0.6) is 0 Å². The van der Waals surface area contributed by atoms with Crippen LogP contribution in [-0.4, -0.2) is 26.4 Å². The minimum Gasteiger partial charge on any atom is -0.325 e. The Morgan fingerprint density at radius 2 is 1.93 bits per heavy atom. The molecule has 0 aliphatic rings. The standard InChI is InChI=1S/C24H28N4OS/c1-5-15-28-23(21-10-8-7-9-18(21)4)26-27-24(28)30-16-22(29)25-20-13-11-19(12-14-20)17(3)6-2/h5,7-14,17H,1,6,15-16H2,2-4H3,(H,25,29)/t17-/m0/s1. The molecule has 0 spiro atoms. The summed E-state index contributed by atoms with van der Waals surface area (Å²) in [4.78, 5) is 12.5. The third-order valence-corrected chi connectivity index (χ3v) is 6.09. The van der Waals surface area contributed by atoms with E-state index in [1.54, 1.807) is 0 Å². The predicted molar refractivity (Wildman–Crippen MR) is 125 cm³/mol. The van der Waals surface area contributed by atoms with Crippen LogP contribution in [0.15, 0.2) is 66.3 Å². The molecule has 1 atom stereocenters. The maximum atomic E-state index is 12.5. The van der Waals surface area contributed by atoms with Gasteiger partial charge in [0.1, 0.15) is 0 Å². The molecule has 1 N–H and O–H groups in total. The molecule has 30 heavy (non-hydrogen) atoms. The van der Waals surface area contributed by atoms with Crippen molar-refractivity contribution in [3.63, 3.8) is 0 Å². The molecule has 6 heteroatoms. The van der Waals surface area contributed by atoms with Crippen LogP contribution in [0, 0.1) is 6.92 Å². The number of hydrogen-bond acceptors (Lipinski definition) is 4. The molecular weight excluding hydrogens is 392 g/mol. The topological polar surface area (TPSA) is 59.8 Å². The van der Waals surface area contributed by atoms with Gasteiger partial charge in [-0.3, -0.25) is 9.36 Å². The van der Waals surface area contributed by atoms with Crippen molar-refractivity contribution < 1.29 is 4.79 Å². The number of rotatable bonds is 9. The van der Waals surface area contributed by atoms with Crippen molar-refractivity contribution in [1.29, 1.82) is 0 Å². The normalized spacial score (nSPS) is 11.8.